The molecule has 2 aromatic heterocycles. The van der Waals surface area contributed by atoms with Gasteiger partial charge in [0.2, 0.25) is 5.91 Å². The maximum absolute atomic E-state index is 12.2. The predicted octanol–water partition coefficient (Wildman–Crippen LogP) is 0.952. The van der Waals surface area contributed by atoms with Crippen molar-refractivity contribution in [3.05, 3.63) is 16.6 Å². The van der Waals surface area contributed by atoms with E-state index in [2.05, 4.69) is 15.7 Å². The summed E-state index contributed by atoms with van der Waals surface area (Å²) in [5, 5.41) is 11.1. The third-order valence-electron chi connectivity index (χ3n) is 3.52. The van der Waals surface area contributed by atoms with Crippen LogP contribution in [0.2, 0.25) is 0 Å². The van der Waals surface area contributed by atoms with E-state index in [0.29, 0.717) is 24.3 Å². The predicted molar refractivity (Wildman–Crippen MR) is 76.8 cm³/mol. The molecule has 0 bridgehead atoms. The number of carbonyl (C=O) groups excluding carboxylic acids is 2. The second-order valence-electron chi connectivity index (χ2n) is 5.05. The van der Waals surface area contributed by atoms with E-state index in [1.165, 1.54) is 11.3 Å². The highest BCUT2D eigenvalue weighted by Gasteiger charge is 2.22. The number of fused-ring (bicyclic) bond motifs is 1. The first-order valence-corrected chi connectivity index (χ1v) is 7.37. The topological polar surface area (TPSA) is 76.0 Å². The van der Waals surface area contributed by atoms with Crippen molar-refractivity contribution in [3.8, 4) is 0 Å². The normalized spacial score (nSPS) is 19.1. The second kappa shape index (κ2) is 4.90. The van der Waals surface area contributed by atoms with Gasteiger partial charge in [-0.15, -0.1) is 11.3 Å². The molecular weight excluding hydrogens is 276 g/mol. The largest absolute Gasteiger partial charge is 0.354 e. The first kappa shape index (κ1) is 13.1. The van der Waals surface area contributed by atoms with E-state index in [1.807, 2.05) is 20.0 Å². The van der Waals surface area contributed by atoms with Crippen LogP contribution in [-0.2, 0) is 11.8 Å². The lowest BCUT2D eigenvalue weighted by Gasteiger charge is -2.23. The fraction of sp³-hybridized carbons (Fsp3) is 0.462. The van der Waals surface area contributed by atoms with E-state index < -0.39 is 0 Å². The molecule has 20 heavy (non-hydrogen) atoms. The maximum Gasteiger partial charge on any atom is 0.261 e. The molecule has 2 amide bonds. The number of nitrogens with one attached hydrogen (secondary N) is 2. The van der Waals surface area contributed by atoms with Crippen molar-refractivity contribution in [2.24, 2.45) is 7.05 Å². The van der Waals surface area contributed by atoms with Gasteiger partial charge in [0.25, 0.3) is 5.91 Å². The zero-order chi connectivity index (χ0) is 14.3. The van der Waals surface area contributed by atoms with Crippen LogP contribution in [0.25, 0.3) is 10.2 Å². The van der Waals surface area contributed by atoms with E-state index in [0.717, 1.165) is 15.9 Å². The van der Waals surface area contributed by atoms with Gasteiger partial charge in [-0.3, -0.25) is 14.3 Å². The Kier molecular flexibility index (Phi) is 3.21. The Bertz CT molecular complexity index is 643. The fourth-order valence-electron chi connectivity index (χ4n) is 2.43. The minimum absolute atomic E-state index is 0.0182. The van der Waals surface area contributed by atoms with Crippen molar-refractivity contribution in [2.75, 3.05) is 6.54 Å². The number of carbonyl (C=O) groups is 2. The van der Waals surface area contributed by atoms with E-state index >= 15 is 0 Å². The van der Waals surface area contributed by atoms with E-state index in [1.54, 1.807) is 4.68 Å². The van der Waals surface area contributed by atoms with Gasteiger partial charge >= 0.3 is 0 Å². The summed E-state index contributed by atoms with van der Waals surface area (Å²) in [7, 11) is 1.88. The summed E-state index contributed by atoms with van der Waals surface area (Å²) in [4.78, 5) is 25.0. The van der Waals surface area contributed by atoms with Gasteiger partial charge in [-0.05, 0) is 19.4 Å². The Hall–Kier alpha value is -1.89. The molecule has 6 nitrogen and oxygen atoms in total. The molecular formula is C13H16N4O2S. The molecule has 2 N–H and O–H groups in total. The molecule has 1 fully saturated rings. The van der Waals surface area contributed by atoms with Gasteiger partial charge in [-0.25, -0.2) is 0 Å². The SMILES string of the molecule is Cc1nn(C)c2sc(C(=O)NC3CCC(=O)NC3)cc12. The monoisotopic (exact) mass is 292 g/mol. The van der Waals surface area contributed by atoms with Crippen LogP contribution in [0.1, 0.15) is 28.2 Å². The number of piperidine rings is 1. The molecule has 0 aliphatic carbocycles. The lowest BCUT2D eigenvalue weighted by molar-refractivity contribution is -0.122. The van der Waals surface area contributed by atoms with Gasteiger partial charge in [-0.1, -0.05) is 0 Å². The molecule has 0 spiro atoms. The number of aryl methyl sites for hydroxylation is 2. The Morgan fingerprint density at radius 3 is 3.05 bits per heavy atom. The highest BCUT2D eigenvalue weighted by Crippen LogP contribution is 2.27. The molecule has 1 atom stereocenters. The van der Waals surface area contributed by atoms with Crippen molar-refractivity contribution >= 4 is 33.4 Å². The third kappa shape index (κ3) is 2.29. The number of thiophene rings is 1. The number of nitrogens with zero attached hydrogens (tertiary/aromatic N) is 2. The van der Waals surface area contributed by atoms with Crippen LogP contribution >= 0.6 is 11.3 Å². The van der Waals surface area contributed by atoms with Crippen molar-refractivity contribution in [1.29, 1.82) is 0 Å². The average molecular weight is 292 g/mol. The van der Waals surface area contributed by atoms with Crippen molar-refractivity contribution in [2.45, 2.75) is 25.8 Å². The molecule has 1 saturated heterocycles. The summed E-state index contributed by atoms with van der Waals surface area (Å²) in [6.45, 7) is 2.45. The zero-order valence-corrected chi connectivity index (χ0v) is 12.2. The van der Waals surface area contributed by atoms with Crippen molar-refractivity contribution in [1.82, 2.24) is 20.4 Å². The zero-order valence-electron chi connectivity index (χ0n) is 11.4. The van der Waals surface area contributed by atoms with Gasteiger partial charge in [0.1, 0.15) is 4.83 Å². The van der Waals surface area contributed by atoms with Crippen LogP contribution < -0.4 is 10.6 Å². The van der Waals surface area contributed by atoms with Crippen molar-refractivity contribution in [3.63, 3.8) is 0 Å². The van der Waals surface area contributed by atoms with Crippen LogP contribution in [0, 0.1) is 6.92 Å². The van der Waals surface area contributed by atoms with Crippen LogP contribution in [0.3, 0.4) is 0 Å². The van der Waals surface area contributed by atoms with E-state index in [-0.39, 0.29) is 17.9 Å². The summed E-state index contributed by atoms with van der Waals surface area (Å²) in [5.74, 6) is -0.0224. The minimum Gasteiger partial charge on any atom is -0.354 e. The highest BCUT2D eigenvalue weighted by molar-refractivity contribution is 7.20. The number of hydrogen-bond acceptors (Lipinski definition) is 4. The highest BCUT2D eigenvalue weighted by atomic mass is 32.1. The van der Waals surface area contributed by atoms with Gasteiger partial charge in [-0.2, -0.15) is 5.10 Å². The first-order chi connectivity index (χ1) is 9.54. The molecule has 2 aromatic rings. The minimum atomic E-state index is -0.0771. The third-order valence-corrected chi connectivity index (χ3v) is 4.72. The first-order valence-electron chi connectivity index (χ1n) is 6.55. The van der Waals surface area contributed by atoms with Gasteiger partial charge in [0, 0.05) is 31.4 Å². The number of amides is 2. The molecule has 0 aromatic carbocycles. The lowest BCUT2D eigenvalue weighted by Crippen LogP contribution is -2.47. The van der Waals surface area contributed by atoms with Gasteiger partial charge in [0.05, 0.1) is 10.6 Å². The lowest BCUT2D eigenvalue weighted by atomic mass is 10.1. The quantitative estimate of drug-likeness (QED) is 0.865. The molecule has 3 rings (SSSR count). The van der Waals surface area contributed by atoms with Gasteiger partial charge < -0.3 is 10.6 Å². The van der Waals surface area contributed by atoms with E-state index in [9.17, 15) is 9.59 Å². The molecule has 1 aliphatic rings. The average Bonchev–Trinajstić information content (AvgIpc) is 2.95. The summed E-state index contributed by atoms with van der Waals surface area (Å²) in [5.41, 5.74) is 0.933. The van der Waals surface area contributed by atoms with Crippen LogP contribution in [-0.4, -0.2) is 34.2 Å². The molecule has 3 heterocycles. The molecule has 1 unspecified atom stereocenters. The van der Waals surface area contributed by atoms with E-state index in [4.69, 9.17) is 0 Å². The molecule has 106 valence electrons. The Morgan fingerprint density at radius 2 is 2.40 bits per heavy atom. The summed E-state index contributed by atoms with van der Waals surface area (Å²) in [6, 6.07) is 1.91. The Morgan fingerprint density at radius 1 is 1.60 bits per heavy atom. The summed E-state index contributed by atoms with van der Waals surface area (Å²) in [6.07, 6.45) is 1.17. The maximum atomic E-state index is 12.2. The standard InChI is InChI=1S/C13H16N4O2S/c1-7-9-5-10(20-13(9)17(2)16-7)12(19)15-8-3-4-11(18)14-6-8/h5,8H,3-4,6H2,1-2H3,(H,14,18)(H,15,19). The number of hydrogen-bond donors (Lipinski definition) is 2. The Balaban J connectivity index is 1.75. The fourth-order valence-corrected chi connectivity index (χ4v) is 3.46. The molecule has 7 heteroatoms. The Labute approximate surface area is 120 Å². The van der Waals surface area contributed by atoms with Crippen molar-refractivity contribution < 1.29 is 9.59 Å². The molecule has 0 radical (unpaired) electrons. The summed E-state index contributed by atoms with van der Waals surface area (Å²) >= 11 is 1.44. The molecule has 1 aliphatic heterocycles. The molecule has 0 saturated carbocycles. The summed E-state index contributed by atoms with van der Waals surface area (Å²) < 4.78 is 1.80. The number of rotatable bonds is 2. The van der Waals surface area contributed by atoms with Crippen LogP contribution in [0.4, 0.5) is 0 Å². The van der Waals surface area contributed by atoms with Crippen LogP contribution in [0.15, 0.2) is 6.07 Å². The smallest absolute Gasteiger partial charge is 0.261 e. The van der Waals surface area contributed by atoms with Crippen LogP contribution in [0.5, 0.6) is 0 Å². The second-order valence-corrected chi connectivity index (χ2v) is 6.08. The van der Waals surface area contributed by atoms with Gasteiger partial charge in [0.15, 0.2) is 0 Å². The number of aromatic nitrogens is 2.